The van der Waals surface area contributed by atoms with Gasteiger partial charge >= 0.3 is 6.05 Å². The van der Waals surface area contributed by atoms with Crippen LogP contribution in [-0.2, 0) is 6.42 Å². The zero-order valence-electron chi connectivity index (χ0n) is 7.22. The molecule has 3 heteroatoms. The molecular formula is C10H9F2N. The summed E-state index contributed by atoms with van der Waals surface area (Å²) in [5.41, 5.74) is 1.94. The van der Waals surface area contributed by atoms with E-state index in [1.807, 2.05) is 12.1 Å². The topological polar surface area (TPSA) is 12.4 Å². The van der Waals surface area contributed by atoms with Crippen LogP contribution in [0.5, 0.6) is 0 Å². The van der Waals surface area contributed by atoms with E-state index in [1.165, 1.54) is 0 Å². The molecule has 13 heavy (non-hydrogen) atoms. The van der Waals surface area contributed by atoms with Gasteiger partial charge in [0.25, 0.3) is 0 Å². The number of rotatable bonds is 0. The van der Waals surface area contributed by atoms with E-state index in [0.717, 1.165) is 5.56 Å². The Labute approximate surface area is 75.1 Å². The molecule has 68 valence electrons. The molecule has 0 amide bonds. The van der Waals surface area contributed by atoms with E-state index in [0.29, 0.717) is 11.3 Å². The molecule has 1 heterocycles. The van der Waals surface area contributed by atoms with Crippen molar-refractivity contribution in [1.29, 1.82) is 0 Å². The van der Waals surface area contributed by atoms with Crippen LogP contribution in [0.2, 0.25) is 0 Å². The zero-order valence-corrected chi connectivity index (χ0v) is 7.22. The van der Waals surface area contributed by atoms with E-state index in [-0.39, 0.29) is 6.42 Å². The quantitative estimate of drug-likeness (QED) is 0.545. The van der Waals surface area contributed by atoms with Gasteiger partial charge in [-0.1, -0.05) is 24.3 Å². The smallest absolute Gasteiger partial charge is 0.221 e. The van der Waals surface area contributed by atoms with Crippen LogP contribution in [0.1, 0.15) is 18.1 Å². The Morgan fingerprint density at radius 1 is 1.31 bits per heavy atom. The molecule has 0 spiro atoms. The fourth-order valence-electron chi connectivity index (χ4n) is 1.60. The van der Waals surface area contributed by atoms with Crippen molar-refractivity contribution < 1.29 is 8.78 Å². The Kier molecular flexibility index (Phi) is 1.68. The Hall–Kier alpha value is -1.25. The van der Waals surface area contributed by atoms with Crippen molar-refractivity contribution in [2.75, 3.05) is 0 Å². The van der Waals surface area contributed by atoms with Crippen molar-refractivity contribution in [3.05, 3.63) is 35.4 Å². The average Bonchev–Trinajstić information content (AvgIpc) is 2.02. The minimum absolute atomic E-state index is 0.277. The molecule has 0 N–H and O–H groups in total. The first-order valence-electron chi connectivity index (χ1n) is 4.11. The van der Waals surface area contributed by atoms with E-state index in [1.54, 1.807) is 19.1 Å². The monoisotopic (exact) mass is 181 g/mol. The Morgan fingerprint density at radius 3 is 2.77 bits per heavy atom. The molecule has 0 radical (unpaired) electrons. The minimum Gasteiger partial charge on any atom is -0.221 e. The maximum atomic E-state index is 12.9. The number of hydrogen-bond acceptors (Lipinski definition) is 1. The molecule has 1 aliphatic heterocycles. The molecule has 0 unspecified atom stereocenters. The van der Waals surface area contributed by atoms with E-state index >= 15 is 0 Å². The van der Waals surface area contributed by atoms with Gasteiger partial charge in [0.2, 0.25) is 0 Å². The summed E-state index contributed by atoms with van der Waals surface area (Å²) in [5.74, 6) is 0. The number of benzene rings is 1. The lowest BCUT2D eigenvalue weighted by Crippen LogP contribution is -2.24. The first-order chi connectivity index (χ1) is 6.08. The van der Waals surface area contributed by atoms with Crippen LogP contribution >= 0.6 is 0 Å². The first-order valence-corrected chi connectivity index (χ1v) is 4.11. The molecule has 0 fully saturated rings. The number of fused-ring (bicyclic) bond motifs is 1. The Balaban J connectivity index is 2.55. The van der Waals surface area contributed by atoms with Crippen LogP contribution in [0.4, 0.5) is 8.78 Å². The summed E-state index contributed by atoms with van der Waals surface area (Å²) in [6, 6.07) is 4.23. The number of aliphatic imine (C=N–C) groups is 1. The van der Waals surface area contributed by atoms with E-state index in [9.17, 15) is 8.78 Å². The second-order valence-corrected chi connectivity index (χ2v) is 3.20. The van der Waals surface area contributed by atoms with E-state index in [4.69, 9.17) is 0 Å². The summed E-state index contributed by atoms with van der Waals surface area (Å²) in [6.45, 7) is 1.62. The molecule has 1 nitrogen and oxygen atoms in total. The molecule has 0 saturated carbocycles. The number of hydrogen-bond donors (Lipinski definition) is 0. The third-order valence-electron chi connectivity index (χ3n) is 2.14. The highest BCUT2D eigenvalue weighted by molar-refractivity contribution is 6.00. The van der Waals surface area contributed by atoms with Crippen molar-refractivity contribution in [3.63, 3.8) is 0 Å². The number of alkyl halides is 2. The van der Waals surface area contributed by atoms with Crippen LogP contribution in [0, 0.1) is 0 Å². The maximum Gasteiger partial charge on any atom is 0.346 e. The summed E-state index contributed by atoms with van der Waals surface area (Å²) in [6.07, 6.45) is -0.277. The predicted octanol–water partition coefficient (Wildman–Crippen LogP) is 2.64. The van der Waals surface area contributed by atoms with Crippen molar-refractivity contribution in [1.82, 2.24) is 0 Å². The van der Waals surface area contributed by atoms with Gasteiger partial charge in [0.05, 0.1) is 6.42 Å². The van der Waals surface area contributed by atoms with Gasteiger partial charge in [0.15, 0.2) is 0 Å². The SMILES string of the molecule is CC1=NC(F)(F)Cc2ccccc21. The maximum absolute atomic E-state index is 12.9. The van der Waals surface area contributed by atoms with Gasteiger partial charge in [-0.25, -0.2) is 4.99 Å². The molecule has 0 bridgehead atoms. The van der Waals surface area contributed by atoms with Crippen molar-refractivity contribution in [2.24, 2.45) is 4.99 Å². The van der Waals surface area contributed by atoms with Gasteiger partial charge in [0, 0.05) is 5.71 Å². The molecule has 0 saturated heterocycles. The van der Waals surface area contributed by atoms with Gasteiger partial charge in [-0.3, -0.25) is 0 Å². The second kappa shape index (κ2) is 2.62. The molecule has 1 aromatic rings. The van der Waals surface area contributed by atoms with Crippen LogP contribution in [-0.4, -0.2) is 11.8 Å². The molecule has 1 aromatic carbocycles. The zero-order chi connectivity index (χ0) is 9.47. The summed E-state index contributed by atoms with van der Waals surface area (Å²) in [4.78, 5) is 3.34. The molecule has 1 aliphatic rings. The molecule has 2 rings (SSSR count). The largest absolute Gasteiger partial charge is 0.346 e. The van der Waals surface area contributed by atoms with Gasteiger partial charge in [0.1, 0.15) is 0 Å². The Morgan fingerprint density at radius 2 is 2.00 bits per heavy atom. The fraction of sp³-hybridized carbons (Fsp3) is 0.300. The fourth-order valence-corrected chi connectivity index (χ4v) is 1.60. The molecular weight excluding hydrogens is 172 g/mol. The minimum atomic E-state index is -2.92. The highest BCUT2D eigenvalue weighted by Gasteiger charge is 2.33. The van der Waals surface area contributed by atoms with E-state index < -0.39 is 6.05 Å². The standard InChI is InChI=1S/C10H9F2N/c1-7-9-5-3-2-4-8(9)6-10(11,12)13-7/h2-5H,6H2,1H3. The second-order valence-electron chi connectivity index (χ2n) is 3.20. The van der Waals surface area contributed by atoms with Gasteiger partial charge in [-0.2, -0.15) is 8.78 Å². The molecule has 0 atom stereocenters. The third kappa shape index (κ3) is 1.46. The molecule has 0 aromatic heterocycles. The predicted molar refractivity (Wildman–Crippen MR) is 47.3 cm³/mol. The highest BCUT2D eigenvalue weighted by atomic mass is 19.3. The van der Waals surface area contributed by atoms with Gasteiger partial charge in [-0.05, 0) is 18.1 Å². The van der Waals surface area contributed by atoms with Crippen molar-refractivity contribution in [3.8, 4) is 0 Å². The van der Waals surface area contributed by atoms with Crippen LogP contribution in [0.3, 0.4) is 0 Å². The lowest BCUT2D eigenvalue weighted by Gasteiger charge is -2.20. The highest BCUT2D eigenvalue weighted by Crippen LogP contribution is 2.29. The molecule has 0 aliphatic carbocycles. The lowest BCUT2D eigenvalue weighted by molar-refractivity contribution is 0.00997. The van der Waals surface area contributed by atoms with Crippen molar-refractivity contribution in [2.45, 2.75) is 19.4 Å². The normalized spacial score (nSPS) is 19.2. The summed E-state index contributed by atoms with van der Waals surface area (Å²) < 4.78 is 25.9. The first kappa shape index (κ1) is 8.35. The van der Waals surface area contributed by atoms with Crippen LogP contribution in [0.25, 0.3) is 0 Å². The van der Waals surface area contributed by atoms with Crippen LogP contribution in [0.15, 0.2) is 29.3 Å². The summed E-state index contributed by atoms with van der Waals surface area (Å²) >= 11 is 0. The van der Waals surface area contributed by atoms with Gasteiger partial charge in [-0.15, -0.1) is 0 Å². The van der Waals surface area contributed by atoms with Crippen LogP contribution < -0.4 is 0 Å². The lowest BCUT2D eigenvalue weighted by atomic mass is 9.97. The van der Waals surface area contributed by atoms with E-state index in [2.05, 4.69) is 4.99 Å². The number of halogens is 2. The third-order valence-corrected chi connectivity index (χ3v) is 2.14. The average molecular weight is 181 g/mol. The van der Waals surface area contributed by atoms with Gasteiger partial charge < -0.3 is 0 Å². The summed E-state index contributed by atoms with van der Waals surface area (Å²) in [7, 11) is 0. The number of nitrogens with zero attached hydrogens (tertiary/aromatic N) is 1. The summed E-state index contributed by atoms with van der Waals surface area (Å²) in [5, 5.41) is 0. The Bertz CT molecular complexity index is 369. The van der Waals surface area contributed by atoms with Crippen molar-refractivity contribution >= 4 is 5.71 Å².